The van der Waals surface area contributed by atoms with Gasteiger partial charge in [-0.15, -0.1) is 11.8 Å². The molecular weight excluding hydrogens is 244 g/mol. The van der Waals surface area contributed by atoms with Gasteiger partial charge in [0, 0.05) is 22.8 Å². The number of hydrogen-bond donors (Lipinski definition) is 1. The average Bonchev–Trinajstić information content (AvgIpc) is 2.28. The summed E-state index contributed by atoms with van der Waals surface area (Å²) in [6.07, 6.45) is 0.277. The van der Waals surface area contributed by atoms with Gasteiger partial charge in [0.1, 0.15) is 0 Å². The highest BCUT2D eigenvalue weighted by molar-refractivity contribution is 7.99. The van der Waals surface area contributed by atoms with Crippen LogP contribution in [0.2, 0.25) is 5.02 Å². The smallest absolute Gasteiger partial charge is 0.0895 e. The van der Waals surface area contributed by atoms with Gasteiger partial charge >= 0.3 is 0 Å². The molecule has 0 aliphatic carbocycles. The van der Waals surface area contributed by atoms with Crippen molar-refractivity contribution in [2.45, 2.75) is 30.4 Å². The lowest BCUT2D eigenvalue weighted by Crippen LogP contribution is -2.29. The molecule has 16 heavy (non-hydrogen) atoms. The van der Waals surface area contributed by atoms with E-state index in [0.717, 1.165) is 16.3 Å². The molecule has 1 N–H and O–H groups in total. The van der Waals surface area contributed by atoms with Gasteiger partial charge in [-0.2, -0.15) is 0 Å². The fraction of sp³-hybridized carbons (Fsp3) is 0.500. The standard InChI is InChI=1S/C12H17ClO2S/c1-3-12(15-2)11(14)8-16-10-6-4-5-9(13)7-10/h4-7,11-12,14H,3,8H2,1-2H3. The molecule has 0 aliphatic rings. The van der Waals surface area contributed by atoms with Gasteiger partial charge in [0.2, 0.25) is 0 Å². The Hall–Kier alpha value is -0.220. The summed E-state index contributed by atoms with van der Waals surface area (Å²) in [6.45, 7) is 2.00. The molecule has 1 aromatic rings. The number of halogens is 1. The summed E-state index contributed by atoms with van der Waals surface area (Å²) in [7, 11) is 1.63. The van der Waals surface area contributed by atoms with Crippen LogP contribution in [0, 0.1) is 0 Å². The topological polar surface area (TPSA) is 29.5 Å². The lowest BCUT2D eigenvalue weighted by Gasteiger charge is -2.19. The summed E-state index contributed by atoms with van der Waals surface area (Å²) in [5, 5.41) is 10.6. The van der Waals surface area contributed by atoms with Crippen molar-refractivity contribution in [1.29, 1.82) is 0 Å². The van der Waals surface area contributed by atoms with E-state index in [1.165, 1.54) is 0 Å². The maximum Gasteiger partial charge on any atom is 0.0895 e. The molecule has 0 bridgehead atoms. The monoisotopic (exact) mass is 260 g/mol. The molecule has 0 heterocycles. The predicted molar refractivity (Wildman–Crippen MR) is 69.3 cm³/mol. The van der Waals surface area contributed by atoms with Crippen molar-refractivity contribution in [3.63, 3.8) is 0 Å². The van der Waals surface area contributed by atoms with E-state index in [9.17, 15) is 5.11 Å². The van der Waals surface area contributed by atoms with Gasteiger partial charge in [0.15, 0.2) is 0 Å². The Labute approximate surface area is 106 Å². The van der Waals surface area contributed by atoms with Crippen molar-refractivity contribution >= 4 is 23.4 Å². The van der Waals surface area contributed by atoms with Gasteiger partial charge < -0.3 is 9.84 Å². The number of methoxy groups -OCH3 is 1. The lowest BCUT2D eigenvalue weighted by molar-refractivity contribution is -0.00132. The van der Waals surface area contributed by atoms with Gasteiger partial charge in [0.05, 0.1) is 12.2 Å². The molecule has 90 valence electrons. The van der Waals surface area contributed by atoms with E-state index in [4.69, 9.17) is 16.3 Å². The zero-order valence-corrected chi connectivity index (χ0v) is 11.1. The Balaban J connectivity index is 2.45. The van der Waals surface area contributed by atoms with Crippen LogP contribution in [0.25, 0.3) is 0 Å². The van der Waals surface area contributed by atoms with Crippen molar-refractivity contribution in [2.24, 2.45) is 0 Å². The molecular formula is C12H17ClO2S. The van der Waals surface area contributed by atoms with Crippen LogP contribution in [-0.2, 0) is 4.74 Å². The second-order valence-corrected chi connectivity index (χ2v) is 5.05. The van der Waals surface area contributed by atoms with Crippen LogP contribution in [0.1, 0.15) is 13.3 Å². The van der Waals surface area contributed by atoms with Gasteiger partial charge in [-0.3, -0.25) is 0 Å². The van der Waals surface area contributed by atoms with Crippen molar-refractivity contribution in [3.8, 4) is 0 Å². The summed E-state index contributed by atoms with van der Waals surface area (Å²) < 4.78 is 5.18. The number of thioether (sulfide) groups is 1. The summed E-state index contributed by atoms with van der Waals surface area (Å²) in [5.74, 6) is 0.618. The Kier molecular flexibility index (Phi) is 6.21. The van der Waals surface area contributed by atoms with E-state index in [0.29, 0.717) is 5.75 Å². The largest absolute Gasteiger partial charge is 0.390 e. The molecule has 4 heteroatoms. The highest BCUT2D eigenvalue weighted by atomic mass is 35.5. The first-order chi connectivity index (χ1) is 7.67. The molecule has 0 radical (unpaired) electrons. The molecule has 0 spiro atoms. The molecule has 0 saturated heterocycles. The third kappa shape index (κ3) is 4.34. The second-order valence-electron chi connectivity index (χ2n) is 3.52. The quantitative estimate of drug-likeness (QED) is 0.797. The number of rotatable bonds is 6. The maximum absolute atomic E-state index is 9.86. The minimum Gasteiger partial charge on any atom is -0.390 e. The van der Waals surface area contributed by atoms with E-state index in [2.05, 4.69) is 0 Å². The molecule has 1 rings (SSSR count). The molecule has 1 aromatic carbocycles. The van der Waals surface area contributed by atoms with Crippen LogP contribution in [-0.4, -0.2) is 30.2 Å². The highest BCUT2D eigenvalue weighted by Crippen LogP contribution is 2.23. The van der Waals surface area contributed by atoms with Crippen molar-refractivity contribution in [1.82, 2.24) is 0 Å². The zero-order chi connectivity index (χ0) is 12.0. The highest BCUT2D eigenvalue weighted by Gasteiger charge is 2.16. The van der Waals surface area contributed by atoms with Gasteiger partial charge in [-0.05, 0) is 24.6 Å². The Morgan fingerprint density at radius 2 is 2.25 bits per heavy atom. The molecule has 0 fully saturated rings. The van der Waals surface area contributed by atoms with Crippen LogP contribution in [0.15, 0.2) is 29.2 Å². The van der Waals surface area contributed by atoms with E-state index in [1.54, 1.807) is 18.9 Å². The summed E-state index contributed by atoms with van der Waals surface area (Å²) in [5.41, 5.74) is 0. The van der Waals surface area contributed by atoms with Crippen LogP contribution < -0.4 is 0 Å². The number of aliphatic hydroxyl groups is 1. The zero-order valence-electron chi connectivity index (χ0n) is 9.52. The first-order valence-corrected chi connectivity index (χ1v) is 6.63. The Morgan fingerprint density at radius 1 is 1.50 bits per heavy atom. The first kappa shape index (κ1) is 13.8. The Morgan fingerprint density at radius 3 is 2.81 bits per heavy atom. The first-order valence-electron chi connectivity index (χ1n) is 5.26. The van der Waals surface area contributed by atoms with Gasteiger partial charge in [-0.1, -0.05) is 24.6 Å². The van der Waals surface area contributed by atoms with E-state index in [-0.39, 0.29) is 6.10 Å². The van der Waals surface area contributed by atoms with Crippen LogP contribution in [0.3, 0.4) is 0 Å². The van der Waals surface area contributed by atoms with Crippen LogP contribution in [0.5, 0.6) is 0 Å². The molecule has 2 atom stereocenters. The van der Waals surface area contributed by atoms with Crippen molar-refractivity contribution in [3.05, 3.63) is 29.3 Å². The number of aliphatic hydroxyl groups excluding tert-OH is 1. The summed E-state index contributed by atoms with van der Waals surface area (Å²) in [6, 6.07) is 7.63. The number of hydrogen-bond acceptors (Lipinski definition) is 3. The molecule has 0 saturated carbocycles. The van der Waals surface area contributed by atoms with Gasteiger partial charge in [0.25, 0.3) is 0 Å². The predicted octanol–water partition coefficient (Wildman–Crippen LogP) is 3.22. The fourth-order valence-corrected chi connectivity index (χ4v) is 2.66. The minimum absolute atomic E-state index is 0.0910. The summed E-state index contributed by atoms with van der Waals surface area (Å²) >= 11 is 7.46. The lowest BCUT2D eigenvalue weighted by atomic mass is 10.2. The van der Waals surface area contributed by atoms with E-state index >= 15 is 0 Å². The van der Waals surface area contributed by atoms with E-state index in [1.807, 2.05) is 31.2 Å². The third-order valence-electron chi connectivity index (χ3n) is 2.35. The minimum atomic E-state index is -0.445. The van der Waals surface area contributed by atoms with Crippen molar-refractivity contribution < 1.29 is 9.84 Å². The normalized spacial score (nSPS) is 14.8. The Bertz CT molecular complexity index is 316. The fourth-order valence-electron chi connectivity index (χ4n) is 1.44. The second kappa shape index (κ2) is 7.17. The maximum atomic E-state index is 9.86. The number of ether oxygens (including phenoxy) is 1. The third-order valence-corrected chi connectivity index (χ3v) is 3.68. The molecule has 0 aliphatic heterocycles. The summed E-state index contributed by atoms with van der Waals surface area (Å²) in [4.78, 5) is 1.07. The molecule has 2 nitrogen and oxygen atoms in total. The van der Waals surface area contributed by atoms with E-state index < -0.39 is 6.10 Å². The van der Waals surface area contributed by atoms with Crippen LogP contribution in [0.4, 0.5) is 0 Å². The van der Waals surface area contributed by atoms with Gasteiger partial charge in [-0.25, -0.2) is 0 Å². The van der Waals surface area contributed by atoms with Crippen molar-refractivity contribution in [2.75, 3.05) is 12.9 Å². The molecule has 0 aromatic heterocycles. The SMILES string of the molecule is CCC(OC)C(O)CSc1cccc(Cl)c1. The van der Waals surface area contributed by atoms with Crippen LogP contribution >= 0.6 is 23.4 Å². The molecule has 0 amide bonds. The molecule has 2 unspecified atom stereocenters. The average molecular weight is 261 g/mol. The number of benzene rings is 1.